The smallest absolute Gasteiger partial charge is 0.322 e. The Hall–Kier alpha value is -3.97. The first-order chi connectivity index (χ1) is 30.6. The number of aliphatic carboxylic acids is 1. The molecule has 0 aliphatic rings. The first-order valence-electron chi connectivity index (χ1n) is 23.5. The molecule has 364 valence electrons. The molecule has 1 heterocycles. The monoisotopic (exact) mass is 898 g/mol. The Bertz CT molecular complexity index is 1340. The fourth-order valence-electron chi connectivity index (χ4n) is 6.66. The van der Waals surface area contributed by atoms with Crippen LogP contribution in [0.3, 0.4) is 0 Å². The van der Waals surface area contributed by atoms with Crippen LogP contribution < -0.4 is 27.0 Å². The van der Waals surface area contributed by atoms with Crippen LogP contribution in [0, 0.1) is 5.92 Å². The van der Waals surface area contributed by atoms with Crippen LogP contribution in [-0.4, -0.2) is 136 Å². The van der Waals surface area contributed by atoms with E-state index in [4.69, 9.17) is 29.8 Å². The van der Waals surface area contributed by atoms with E-state index in [0.717, 1.165) is 12.8 Å². The maximum Gasteiger partial charge on any atom is 0.322 e. The lowest BCUT2D eigenvalue weighted by Crippen LogP contribution is -2.39. The number of imidazole rings is 1. The van der Waals surface area contributed by atoms with Crippen LogP contribution in [0.2, 0.25) is 0 Å². The Morgan fingerprint density at radius 1 is 0.651 bits per heavy atom. The van der Waals surface area contributed by atoms with Gasteiger partial charge in [-0.1, -0.05) is 103 Å². The number of Topliss-reactive ketones (excluding diaryl/α,β-unsaturated/α-hetero) is 1. The van der Waals surface area contributed by atoms with E-state index in [1.165, 1.54) is 89.8 Å². The Balaban J connectivity index is 0.0000397. The summed E-state index contributed by atoms with van der Waals surface area (Å²) in [6.45, 7) is 4.09. The fourth-order valence-corrected chi connectivity index (χ4v) is 6.66. The van der Waals surface area contributed by atoms with E-state index in [0.29, 0.717) is 57.7 Å². The molecule has 1 rings (SSSR count). The summed E-state index contributed by atoms with van der Waals surface area (Å²) < 4.78 is 21.6. The molecule has 2 atom stereocenters. The van der Waals surface area contributed by atoms with Gasteiger partial charge in [0.2, 0.25) is 23.6 Å². The maximum absolute atomic E-state index is 12.7. The zero-order valence-corrected chi connectivity index (χ0v) is 38.2. The molecule has 18 heteroatoms. The Kier molecular flexibility index (Phi) is 36.9. The molecule has 0 bridgehead atoms. The molecular weight excluding hydrogens is 815 g/mol. The van der Waals surface area contributed by atoms with Crippen molar-refractivity contribution in [2.45, 2.75) is 148 Å². The van der Waals surface area contributed by atoms with Crippen molar-refractivity contribution in [1.29, 1.82) is 0 Å². The molecule has 0 aliphatic carbocycles. The van der Waals surface area contributed by atoms with Gasteiger partial charge in [0.15, 0.2) is 5.78 Å². The van der Waals surface area contributed by atoms with Gasteiger partial charge in [-0.3, -0.25) is 28.8 Å². The molecule has 0 radical (unpaired) electrons. The number of carbonyl (C=O) groups excluding carboxylic acids is 5. The molecule has 63 heavy (non-hydrogen) atoms. The lowest BCUT2D eigenvalue weighted by molar-refractivity contribution is -0.139. The van der Waals surface area contributed by atoms with Gasteiger partial charge in [-0.25, -0.2) is 4.98 Å². The SMILES string of the molecule is CCCCCCCCCCCCCCCCCC(=O)NCCOCCOCC(=O)NCCOCCOCC(=O)NCCCC[C@H](CC(=O)[C@@H](N)Cc1cnc[nH]1)C(=O)NCC(=O)O.[HH]. The van der Waals surface area contributed by atoms with Crippen molar-refractivity contribution < 1.29 is 54.2 Å². The lowest BCUT2D eigenvalue weighted by Gasteiger charge is -2.18. The largest absolute Gasteiger partial charge is 0.480 e. The molecular formula is C45H83N7O11. The number of nitrogens with one attached hydrogen (secondary N) is 5. The van der Waals surface area contributed by atoms with E-state index in [1.54, 1.807) is 6.20 Å². The van der Waals surface area contributed by atoms with Crippen molar-refractivity contribution in [2.24, 2.45) is 11.7 Å². The van der Waals surface area contributed by atoms with Crippen LogP contribution in [0.4, 0.5) is 0 Å². The second-order valence-corrected chi connectivity index (χ2v) is 15.9. The number of rotatable bonds is 45. The minimum absolute atomic E-state index is 0. The highest BCUT2D eigenvalue weighted by molar-refractivity contribution is 5.90. The van der Waals surface area contributed by atoms with E-state index >= 15 is 0 Å². The molecule has 0 aromatic carbocycles. The van der Waals surface area contributed by atoms with Gasteiger partial charge in [0.25, 0.3) is 0 Å². The van der Waals surface area contributed by atoms with Crippen molar-refractivity contribution in [2.75, 3.05) is 79.0 Å². The normalized spacial score (nSPS) is 12.1. The molecule has 0 saturated carbocycles. The van der Waals surface area contributed by atoms with E-state index in [9.17, 15) is 28.8 Å². The number of H-pyrrole nitrogens is 1. The topological polar surface area (TPSA) is 262 Å². The van der Waals surface area contributed by atoms with E-state index < -0.39 is 30.4 Å². The number of aromatic nitrogens is 2. The average molecular weight is 898 g/mol. The van der Waals surface area contributed by atoms with Gasteiger partial charge in [-0.15, -0.1) is 0 Å². The number of hydrogen-bond donors (Lipinski definition) is 7. The standard InChI is InChI=1S/C45H81N7O11.H2/c1-2-3-4-5-6-7-8-9-10-11-12-13-14-15-16-20-41(54)49-22-24-60-26-29-63-35-43(56)50-23-25-61-27-28-62-34-42(55)48-21-18-17-19-37(45(59)51-33-44(57)58)30-40(53)39(46)31-38-32-47-36-52-38;/h32,36-37,39H,2-31,33-35,46H2,1H3,(H,47,52)(H,48,55)(H,49,54)(H,50,56)(H,51,59)(H,57,58);1H/t37-,39+;/m1./s1. The summed E-state index contributed by atoms with van der Waals surface area (Å²) in [5, 5.41) is 19.5. The summed E-state index contributed by atoms with van der Waals surface area (Å²) >= 11 is 0. The quantitative estimate of drug-likeness (QED) is 0.0455. The van der Waals surface area contributed by atoms with Crippen molar-refractivity contribution in [1.82, 2.24) is 31.2 Å². The number of carbonyl (C=O) groups is 6. The summed E-state index contributed by atoms with van der Waals surface area (Å²) in [5.41, 5.74) is 6.71. The highest BCUT2D eigenvalue weighted by atomic mass is 16.5. The number of carboxylic acid groups (broad SMARTS) is 1. The zero-order valence-electron chi connectivity index (χ0n) is 38.2. The molecule has 1 aromatic heterocycles. The van der Waals surface area contributed by atoms with E-state index in [2.05, 4.69) is 38.2 Å². The van der Waals surface area contributed by atoms with Crippen LogP contribution in [0.5, 0.6) is 0 Å². The zero-order chi connectivity index (χ0) is 46.0. The predicted molar refractivity (Wildman–Crippen MR) is 242 cm³/mol. The molecule has 0 spiro atoms. The number of nitrogens with two attached hydrogens (primary N) is 1. The molecule has 4 amide bonds. The summed E-state index contributed by atoms with van der Waals surface area (Å²) in [4.78, 5) is 79.1. The number of ketones is 1. The first kappa shape index (κ1) is 57.0. The number of aromatic amines is 1. The average Bonchev–Trinajstić information content (AvgIpc) is 3.78. The van der Waals surface area contributed by atoms with Gasteiger partial charge in [-0.2, -0.15) is 0 Å². The minimum Gasteiger partial charge on any atom is -0.480 e. The number of hydrogen-bond acceptors (Lipinski definition) is 12. The highest BCUT2D eigenvalue weighted by Gasteiger charge is 2.25. The molecule has 8 N–H and O–H groups in total. The van der Waals surface area contributed by atoms with Gasteiger partial charge in [0, 0.05) is 58.1 Å². The second kappa shape index (κ2) is 40.8. The van der Waals surface area contributed by atoms with Crippen molar-refractivity contribution in [3.05, 3.63) is 18.2 Å². The van der Waals surface area contributed by atoms with Gasteiger partial charge >= 0.3 is 5.97 Å². The number of amides is 4. The highest BCUT2D eigenvalue weighted by Crippen LogP contribution is 2.16. The van der Waals surface area contributed by atoms with Gasteiger partial charge < -0.3 is 56.0 Å². The predicted octanol–water partition coefficient (Wildman–Crippen LogP) is 4.15. The summed E-state index contributed by atoms with van der Waals surface area (Å²) in [5.74, 6) is -3.37. The Labute approximate surface area is 376 Å². The maximum atomic E-state index is 12.7. The molecule has 0 aliphatic heterocycles. The third-order valence-corrected chi connectivity index (χ3v) is 10.3. The van der Waals surface area contributed by atoms with Crippen molar-refractivity contribution >= 4 is 35.4 Å². The van der Waals surface area contributed by atoms with Gasteiger partial charge in [-0.05, 0) is 19.3 Å². The Morgan fingerprint density at radius 3 is 1.68 bits per heavy atom. The van der Waals surface area contributed by atoms with Gasteiger partial charge in [0.1, 0.15) is 19.8 Å². The Morgan fingerprint density at radius 2 is 1.16 bits per heavy atom. The van der Waals surface area contributed by atoms with Crippen molar-refractivity contribution in [3.8, 4) is 0 Å². The number of carboxylic acids is 1. The second-order valence-electron chi connectivity index (χ2n) is 15.9. The number of nitrogens with zero attached hydrogens (tertiary/aromatic N) is 1. The number of unbranched alkanes of at least 4 members (excludes halogenated alkanes) is 15. The van der Waals surface area contributed by atoms with E-state index in [-0.39, 0.29) is 84.0 Å². The van der Waals surface area contributed by atoms with Crippen LogP contribution in [0.1, 0.15) is 142 Å². The third-order valence-electron chi connectivity index (χ3n) is 10.3. The molecule has 18 nitrogen and oxygen atoms in total. The summed E-state index contributed by atoms with van der Waals surface area (Å²) in [7, 11) is 0. The summed E-state index contributed by atoms with van der Waals surface area (Å²) in [6, 6.07) is -0.842. The fraction of sp³-hybridized carbons (Fsp3) is 0.800. The molecule has 0 unspecified atom stereocenters. The lowest BCUT2D eigenvalue weighted by atomic mass is 9.91. The van der Waals surface area contributed by atoms with Crippen LogP contribution in [0.15, 0.2) is 12.5 Å². The third kappa shape index (κ3) is 36.1. The van der Waals surface area contributed by atoms with Crippen LogP contribution in [-0.2, 0) is 54.1 Å². The minimum atomic E-state index is -1.19. The first-order valence-corrected chi connectivity index (χ1v) is 23.5. The molecule has 1 aromatic rings. The molecule has 0 fully saturated rings. The van der Waals surface area contributed by atoms with E-state index in [1.807, 2.05) is 0 Å². The molecule has 0 saturated heterocycles. The van der Waals surface area contributed by atoms with Crippen LogP contribution >= 0.6 is 0 Å². The van der Waals surface area contributed by atoms with Crippen molar-refractivity contribution in [3.63, 3.8) is 0 Å². The summed E-state index contributed by atoms with van der Waals surface area (Å²) in [6.07, 6.45) is 24.5. The van der Waals surface area contributed by atoms with Crippen LogP contribution in [0.25, 0.3) is 0 Å². The number of ether oxygens (including phenoxy) is 4. The van der Waals surface area contributed by atoms with Gasteiger partial charge in [0.05, 0.1) is 52.0 Å².